The van der Waals surface area contributed by atoms with E-state index in [9.17, 15) is 112 Å². The third-order valence-corrected chi connectivity index (χ3v) is 15.5. The summed E-state index contributed by atoms with van der Waals surface area (Å²) in [6, 6.07) is -22.7. The molecule has 588 valence electrons. The normalized spacial score (nSPS) is 15.4. The van der Waals surface area contributed by atoms with Crippen molar-refractivity contribution in [2.75, 3.05) is 19.7 Å². The Kier molecular flexibility index (Phi) is 42.9. The topological polar surface area (TPSA) is 741 Å². The number of unbranched alkanes of at least 4 members (excludes halogenated alkanes) is 1. The molecule has 0 unspecified atom stereocenters. The smallest absolute Gasteiger partial charge is 0.326 e. The summed E-state index contributed by atoms with van der Waals surface area (Å²) in [5, 5.41) is 86.5. The molecule has 104 heavy (non-hydrogen) atoms. The second kappa shape index (κ2) is 47.7. The Balaban J connectivity index is 6.89. The summed E-state index contributed by atoms with van der Waals surface area (Å²) in [6.07, 6.45) is -7.22. The number of carbonyl (C=O) groups excluding carboxylic acids is 14. The summed E-state index contributed by atoms with van der Waals surface area (Å²) < 4.78 is 0. The van der Waals surface area contributed by atoms with Gasteiger partial charge in [0.15, 0.2) is 5.96 Å². The lowest BCUT2D eigenvalue weighted by atomic mass is 9.96. The zero-order valence-electron chi connectivity index (χ0n) is 59.3. The van der Waals surface area contributed by atoms with E-state index < -0.39 is 254 Å². The predicted octanol–water partition coefficient (Wildman–Crippen LogP) is -9.51. The average molecular weight is 1490 g/mol. The van der Waals surface area contributed by atoms with E-state index in [-0.39, 0.29) is 64.0 Å². The van der Waals surface area contributed by atoms with Crippen molar-refractivity contribution >= 4 is 113 Å². The standard InChI is InChI=1S/C61H105N19O24/c1-9-28(6)46(79-55(98)37(23-41(65)84)75-57(100)45(27(4)5)78-48(91)29(7)69-49(92)31(63)15-17-42(85)86)58(101)80-47(30(8)82)59(102)76-38(24-44(89)90)54(97)73-35(21-26(2)3)52(95)77-39(25-81)56(99)71-33(16-18-43(87)88)51(94)74-36(22-40(64)83)53(96)70-32(14-12-20-68-61(66)67)50(93)72-34(60(103)104)13-10-11-19-62/h26-39,45-47,81-82H,9-25,62-63H2,1-8H3,(H2,64,83)(H2,65,84)(H,69,92)(H,70,96)(H,71,99)(H,72,93)(H,73,97)(H,74,94)(H,75,100)(H,76,102)(H,77,95)(H,78,91)(H,79,98)(H,80,101)(H,85,86)(H,87,88)(H,89,90)(H,103,104)(H4,66,67,68)/t28-,29-,30+,31-,32-,33-,34-,35-,36-,37-,38-,39-,45-,46-,47-/m0/s1. The Morgan fingerprint density at radius 1 is 0.404 bits per heavy atom. The number of aliphatic imine (C=N–C) groups is 1. The highest BCUT2D eigenvalue weighted by Crippen LogP contribution is 2.14. The highest BCUT2D eigenvalue weighted by Gasteiger charge is 2.40. The molecule has 0 aliphatic carbocycles. The number of amides is 14. The molecule has 0 rings (SSSR count). The first kappa shape index (κ1) is 93.6. The number of nitrogens with two attached hydrogens (primary N) is 6. The average Bonchev–Trinajstić information content (AvgIpc) is 0.832. The maximum atomic E-state index is 14.2. The molecule has 30 N–H and O–H groups in total. The van der Waals surface area contributed by atoms with Gasteiger partial charge in [0.05, 0.1) is 38.0 Å². The van der Waals surface area contributed by atoms with Gasteiger partial charge in [0, 0.05) is 19.4 Å². The van der Waals surface area contributed by atoms with Gasteiger partial charge in [0.1, 0.15) is 72.5 Å². The van der Waals surface area contributed by atoms with Gasteiger partial charge in [-0.05, 0) is 89.5 Å². The predicted molar refractivity (Wildman–Crippen MR) is 363 cm³/mol. The van der Waals surface area contributed by atoms with Gasteiger partial charge in [-0.25, -0.2) is 4.79 Å². The second-order valence-corrected chi connectivity index (χ2v) is 25.3. The van der Waals surface area contributed by atoms with Crippen molar-refractivity contribution in [3.63, 3.8) is 0 Å². The lowest BCUT2D eigenvalue weighted by Gasteiger charge is -2.30. The molecule has 0 fully saturated rings. The Bertz CT molecular complexity index is 3040. The lowest BCUT2D eigenvalue weighted by molar-refractivity contribution is -0.143. The number of carboxylic acid groups (broad SMARTS) is 4. The van der Waals surface area contributed by atoms with Gasteiger partial charge in [-0.1, -0.05) is 48.0 Å². The minimum absolute atomic E-state index is 0.00440. The lowest BCUT2D eigenvalue weighted by Crippen LogP contribution is -2.63. The first-order valence-corrected chi connectivity index (χ1v) is 33.3. The van der Waals surface area contributed by atoms with E-state index in [0.717, 1.165) is 6.92 Å². The summed E-state index contributed by atoms with van der Waals surface area (Å²) >= 11 is 0. The number of guanidine groups is 1. The largest absolute Gasteiger partial charge is 0.481 e. The van der Waals surface area contributed by atoms with Crippen LogP contribution in [0.15, 0.2) is 4.99 Å². The van der Waals surface area contributed by atoms with Gasteiger partial charge in [-0.2, -0.15) is 0 Å². The molecule has 0 aliphatic heterocycles. The summed E-state index contributed by atoms with van der Waals surface area (Å²) in [5.41, 5.74) is 32.9. The van der Waals surface area contributed by atoms with Crippen LogP contribution in [0.4, 0.5) is 0 Å². The van der Waals surface area contributed by atoms with E-state index in [2.05, 4.69) is 68.8 Å². The zero-order chi connectivity index (χ0) is 80.0. The number of aliphatic carboxylic acids is 4. The van der Waals surface area contributed by atoms with Gasteiger partial charge in [0.25, 0.3) is 0 Å². The second-order valence-electron chi connectivity index (χ2n) is 25.3. The number of aliphatic hydroxyl groups excluding tert-OH is 2. The molecule has 0 spiro atoms. The molecule has 15 atom stereocenters. The van der Waals surface area contributed by atoms with E-state index in [0.29, 0.717) is 6.42 Å². The van der Waals surface area contributed by atoms with Crippen LogP contribution < -0.4 is 98.2 Å². The van der Waals surface area contributed by atoms with Crippen LogP contribution in [0.1, 0.15) is 145 Å². The summed E-state index contributed by atoms with van der Waals surface area (Å²) in [5.74, 6) is -25.1. The van der Waals surface area contributed by atoms with Crippen LogP contribution in [0.25, 0.3) is 0 Å². The van der Waals surface area contributed by atoms with Crippen molar-refractivity contribution in [3.8, 4) is 0 Å². The molecular weight excluding hydrogens is 1380 g/mol. The monoisotopic (exact) mass is 1490 g/mol. The van der Waals surface area contributed by atoms with E-state index in [1.807, 2.05) is 0 Å². The fourth-order valence-electron chi connectivity index (χ4n) is 9.53. The van der Waals surface area contributed by atoms with Crippen molar-refractivity contribution < 1.29 is 117 Å². The maximum absolute atomic E-state index is 14.2. The van der Waals surface area contributed by atoms with Gasteiger partial charge in [-0.15, -0.1) is 0 Å². The minimum atomic E-state index is -2.15. The van der Waals surface area contributed by atoms with E-state index in [1.54, 1.807) is 20.8 Å². The van der Waals surface area contributed by atoms with Crippen molar-refractivity contribution in [1.29, 1.82) is 0 Å². The number of nitrogens with zero attached hydrogens (tertiary/aromatic N) is 1. The van der Waals surface area contributed by atoms with Gasteiger partial charge in [0.2, 0.25) is 82.7 Å². The van der Waals surface area contributed by atoms with E-state index >= 15 is 0 Å². The maximum Gasteiger partial charge on any atom is 0.326 e. The number of hydrogen-bond donors (Lipinski definition) is 24. The van der Waals surface area contributed by atoms with Gasteiger partial charge in [-0.3, -0.25) is 86.5 Å². The molecule has 0 bridgehead atoms. The van der Waals surface area contributed by atoms with Crippen LogP contribution in [0.5, 0.6) is 0 Å². The molecule has 0 saturated heterocycles. The SMILES string of the molecule is CC[C@H](C)[C@H](NC(=O)[C@H](CC(N)=O)NC(=O)[C@@H](NC(=O)[C@H](C)NC(=O)[C@@H](N)CCC(=O)O)C(C)C)C(=O)N[C@H](C(=O)N[C@@H](CC(=O)O)C(=O)N[C@@H](CC(C)C)C(=O)N[C@@H](CO)C(=O)N[C@@H](CCC(=O)O)C(=O)N[C@@H](CC(N)=O)C(=O)N[C@@H](CCCN=C(N)N)C(=O)N[C@@H](CCCCN)C(=O)O)[C@@H](C)O. The number of hydrogen-bond acceptors (Lipinski definition) is 23. The molecule has 0 aromatic rings. The van der Waals surface area contributed by atoms with E-state index in [1.165, 1.54) is 27.7 Å². The molecule has 0 aromatic heterocycles. The Morgan fingerprint density at radius 2 is 0.798 bits per heavy atom. The molecule has 0 aromatic carbocycles. The van der Waals surface area contributed by atoms with Crippen molar-refractivity contribution in [1.82, 2.24) is 63.8 Å². The molecule has 0 radical (unpaired) electrons. The van der Waals surface area contributed by atoms with Crippen molar-refractivity contribution in [2.24, 2.45) is 57.1 Å². The van der Waals surface area contributed by atoms with Crippen LogP contribution in [-0.2, 0) is 86.3 Å². The molecule has 0 saturated carbocycles. The Morgan fingerprint density at radius 3 is 1.25 bits per heavy atom. The number of carboxylic acids is 4. The molecule has 14 amide bonds. The zero-order valence-corrected chi connectivity index (χ0v) is 59.3. The van der Waals surface area contributed by atoms with Crippen LogP contribution >= 0.6 is 0 Å². The molecule has 43 heteroatoms. The van der Waals surface area contributed by atoms with E-state index in [4.69, 9.17) is 39.5 Å². The summed E-state index contributed by atoms with van der Waals surface area (Å²) in [4.78, 5) is 240. The van der Waals surface area contributed by atoms with Gasteiger partial charge >= 0.3 is 23.9 Å². The van der Waals surface area contributed by atoms with Crippen LogP contribution in [-0.4, -0.2) is 248 Å². The van der Waals surface area contributed by atoms with Crippen LogP contribution in [0, 0.1) is 17.8 Å². The highest BCUT2D eigenvalue weighted by atomic mass is 16.4. The Hall–Kier alpha value is -10.4. The number of carbonyl (C=O) groups is 18. The first-order valence-electron chi connectivity index (χ1n) is 33.3. The third-order valence-electron chi connectivity index (χ3n) is 15.5. The number of primary amides is 2. The molecular formula is C61H105N19O24. The van der Waals surface area contributed by atoms with Crippen LogP contribution in [0.2, 0.25) is 0 Å². The fraction of sp³-hybridized carbons (Fsp3) is 0.689. The highest BCUT2D eigenvalue weighted by molar-refractivity contribution is 6.01. The quantitative estimate of drug-likeness (QED) is 0.0153. The first-order chi connectivity index (χ1) is 48.4. The van der Waals surface area contributed by atoms with Crippen molar-refractivity contribution in [3.05, 3.63) is 0 Å². The number of rotatable bonds is 52. The molecule has 43 nitrogen and oxygen atoms in total. The number of nitrogens with one attached hydrogen (secondary N) is 12. The molecule has 0 aliphatic rings. The number of aliphatic hydroxyl groups is 2. The molecule has 0 heterocycles. The summed E-state index contributed by atoms with van der Waals surface area (Å²) in [6.45, 7) is 10.2. The third kappa shape index (κ3) is 36.4. The van der Waals surface area contributed by atoms with Crippen molar-refractivity contribution in [2.45, 2.75) is 230 Å². The fourth-order valence-corrected chi connectivity index (χ4v) is 9.53. The van der Waals surface area contributed by atoms with Gasteiger partial charge < -0.3 is 129 Å². The van der Waals surface area contributed by atoms with Crippen LogP contribution in [0.3, 0.4) is 0 Å². The Labute approximate surface area is 598 Å². The minimum Gasteiger partial charge on any atom is -0.481 e. The summed E-state index contributed by atoms with van der Waals surface area (Å²) in [7, 11) is 0.